The van der Waals surface area contributed by atoms with E-state index < -0.39 is 32.9 Å². The lowest BCUT2D eigenvalue weighted by atomic mass is 10.1. The quantitative estimate of drug-likeness (QED) is 0.369. The van der Waals surface area contributed by atoms with Gasteiger partial charge in [0.15, 0.2) is 6.10 Å². The fourth-order valence-corrected chi connectivity index (χ4v) is 4.94. The number of esters is 1. The molecule has 1 aliphatic rings. The maximum atomic E-state index is 12.7. The minimum Gasteiger partial charge on any atom is -0.449 e. The lowest BCUT2D eigenvalue weighted by Gasteiger charge is -2.25. The van der Waals surface area contributed by atoms with Crippen LogP contribution in [0.5, 0.6) is 0 Å². The van der Waals surface area contributed by atoms with E-state index in [9.17, 15) is 28.1 Å². The lowest BCUT2D eigenvalue weighted by molar-refractivity contribution is -0.385. The highest BCUT2D eigenvalue weighted by Gasteiger charge is 2.26. The van der Waals surface area contributed by atoms with E-state index in [1.807, 2.05) is 0 Å². The van der Waals surface area contributed by atoms with Gasteiger partial charge in [0.1, 0.15) is 0 Å². The molecule has 1 heterocycles. The maximum Gasteiger partial charge on any atom is 0.339 e. The summed E-state index contributed by atoms with van der Waals surface area (Å²) in [6.45, 7) is 3.90. The molecule has 0 bridgehead atoms. The van der Waals surface area contributed by atoms with Crippen molar-refractivity contribution in [1.29, 1.82) is 0 Å². The van der Waals surface area contributed by atoms with Crippen LogP contribution in [0, 0.1) is 17.0 Å². The van der Waals surface area contributed by atoms with Crippen molar-refractivity contribution in [3.05, 3.63) is 63.7 Å². The predicted octanol–water partition coefficient (Wildman–Crippen LogP) is 3.26. The molecule has 1 atom stereocenters. The third-order valence-corrected chi connectivity index (χ3v) is 7.28. The summed E-state index contributed by atoms with van der Waals surface area (Å²) in [5, 5.41) is 13.6. The molecule has 1 saturated heterocycles. The van der Waals surface area contributed by atoms with Crippen molar-refractivity contribution in [1.82, 2.24) is 4.31 Å². The molecule has 0 radical (unpaired) electrons. The lowest BCUT2D eigenvalue weighted by Crippen LogP contribution is -2.35. The van der Waals surface area contributed by atoms with Gasteiger partial charge in [0, 0.05) is 30.4 Å². The van der Waals surface area contributed by atoms with Gasteiger partial charge in [0.2, 0.25) is 10.0 Å². The summed E-state index contributed by atoms with van der Waals surface area (Å²) in [5.74, 6) is -1.50. The number of sulfonamides is 1. The minimum atomic E-state index is -3.58. The number of hydrogen-bond donors (Lipinski definition) is 1. The van der Waals surface area contributed by atoms with Crippen LogP contribution >= 0.6 is 0 Å². The normalized spacial score (nSPS) is 15.5. The minimum absolute atomic E-state index is 0.0424. The van der Waals surface area contributed by atoms with Gasteiger partial charge in [-0.2, -0.15) is 4.31 Å². The SMILES string of the molecule is Cc1ccc(C(=O)O[C@@H](C)C(=O)Nc2ccc(S(=O)(=O)N3CCCCC3)cc2)cc1[N+](=O)[O-]. The van der Waals surface area contributed by atoms with E-state index in [0.717, 1.165) is 25.3 Å². The Bertz CT molecular complexity index is 1160. The van der Waals surface area contributed by atoms with E-state index in [0.29, 0.717) is 24.3 Å². The maximum absolute atomic E-state index is 12.7. The summed E-state index contributed by atoms with van der Waals surface area (Å²) >= 11 is 0. The third-order valence-electron chi connectivity index (χ3n) is 5.37. The number of anilines is 1. The Morgan fingerprint density at radius 3 is 2.33 bits per heavy atom. The van der Waals surface area contributed by atoms with Crippen molar-refractivity contribution >= 4 is 33.3 Å². The van der Waals surface area contributed by atoms with Crippen molar-refractivity contribution in [2.75, 3.05) is 18.4 Å². The molecule has 1 N–H and O–H groups in total. The number of aryl methyl sites for hydroxylation is 1. The van der Waals surface area contributed by atoms with E-state index in [-0.39, 0.29) is 16.1 Å². The molecule has 0 aliphatic carbocycles. The molecule has 33 heavy (non-hydrogen) atoms. The van der Waals surface area contributed by atoms with E-state index in [2.05, 4.69) is 5.32 Å². The van der Waals surface area contributed by atoms with Gasteiger partial charge in [0.25, 0.3) is 11.6 Å². The molecule has 0 spiro atoms. The molecule has 0 saturated carbocycles. The van der Waals surface area contributed by atoms with Crippen LogP contribution in [0.2, 0.25) is 0 Å². The molecule has 0 unspecified atom stereocenters. The number of carbonyl (C=O) groups is 2. The second-order valence-electron chi connectivity index (χ2n) is 7.78. The summed E-state index contributed by atoms with van der Waals surface area (Å²) in [5.41, 5.74) is 0.472. The number of ether oxygens (including phenoxy) is 1. The predicted molar refractivity (Wildman–Crippen MR) is 120 cm³/mol. The van der Waals surface area contributed by atoms with Crippen molar-refractivity contribution < 1.29 is 27.7 Å². The number of nitrogens with zero attached hydrogens (tertiary/aromatic N) is 2. The number of carbonyl (C=O) groups excluding carboxylic acids is 2. The van der Waals surface area contributed by atoms with Crippen LogP contribution in [-0.4, -0.2) is 48.7 Å². The van der Waals surface area contributed by atoms with Gasteiger partial charge in [-0.3, -0.25) is 14.9 Å². The molecule has 10 nitrogen and oxygen atoms in total. The first-order valence-electron chi connectivity index (χ1n) is 10.5. The Labute approximate surface area is 191 Å². The number of hydrogen-bond acceptors (Lipinski definition) is 7. The van der Waals surface area contributed by atoms with Gasteiger partial charge in [-0.1, -0.05) is 12.5 Å². The molecule has 1 aliphatic heterocycles. The van der Waals surface area contributed by atoms with Gasteiger partial charge in [-0.15, -0.1) is 0 Å². The zero-order chi connectivity index (χ0) is 24.2. The zero-order valence-electron chi connectivity index (χ0n) is 18.3. The number of nitro benzene ring substituents is 1. The smallest absolute Gasteiger partial charge is 0.339 e. The van der Waals surface area contributed by atoms with Crippen molar-refractivity contribution in [3.8, 4) is 0 Å². The molecule has 2 aromatic rings. The summed E-state index contributed by atoms with van der Waals surface area (Å²) < 4.78 is 32.0. The monoisotopic (exact) mass is 475 g/mol. The number of rotatable bonds is 7. The van der Waals surface area contributed by atoms with Crippen molar-refractivity contribution in [2.45, 2.75) is 44.1 Å². The van der Waals surface area contributed by atoms with Crippen LogP contribution in [-0.2, 0) is 19.6 Å². The first-order chi connectivity index (χ1) is 15.6. The molecule has 0 aromatic heterocycles. The number of piperidine rings is 1. The number of amides is 1. The van der Waals surface area contributed by atoms with Crippen LogP contribution < -0.4 is 5.32 Å². The van der Waals surface area contributed by atoms with E-state index in [4.69, 9.17) is 4.74 Å². The van der Waals surface area contributed by atoms with E-state index in [1.165, 1.54) is 47.6 Å². The molecule has 1 fully saturated rings. The molecule has 176 valence electrons. The zero-order valence-corrected chi connectivity index (χ0v) is 19.1. The Balaban J connectivity index is 1.62. The van der Waals surface area contributed by atoms with Crippen LogP contribution in [0.4, 0.5) is 11.4 Å². The van der Waals surface area contributed by atoms with E-state index in [1.54, 1.807) is 6.92 Å². The van der Waals surface area contributed by atoms with Crippen molar-refractivity contribution in [2.24, 2.45) is 0 Å². The Morgan fingerprint density at radius 2 is 1.73 bits per heavy atom. The highest BCUT2D eigenvalue weighted by atomic mass is 32.2. The Hall–Kier alpha value is -3.31. The van der Waals surface area contributed by atoms with Gasteiger partial charge in [-0.05, 0) is 57.0 Å². The molecular weight excluding hydrogens is 450 g/mol. The van der Waals surface area contributed by atoms with E-state index >= 15 is 0 Å². The Morgan fingerprint density at radius 1 is 1.09 bits per heavy atom. The third kappa shape index (κ3) is 5.74. The fourth-order valence-electron chi connectivity index (χ4n) is 3.42. The second kappa shape index (κ2) is 10.1. The summed E-state index contributed by atoms with van der Waals surface area (Å²) in [4.78, 5) is 35.3. The summed E-state index contributed by atoms with van der Waals surface area (Å²) in [6.07, 6.45) is 1.50. The molecule has 11 heteroatoms. The van der Waals surface area contributed by atoms with Gasteiger partial charge in [0.05, 0.1) is 15.4 Å². The average molecular weight is 476 g/mol. The molecule has 2 aromatic carbocycles. The largest absolute Gasteiger partial charge is 0.449 e. The first kappa shape index (κ1) is 24.3. The second-order valence-corrected chi connectivity index (χ2v) is 9.72. The summed E-state index contributed by atoms with van der Waals surface area (Å²) in [6, 6.07) is 9.68. The van der Waals surface area contributed by atoms with Crippen molar-refractivity contribution in [3.63, 3.8) is 0 Å². The van der Waals surface area contributed by atoms with Crippen LogP contribution in [0.3, 0.4) is 0 Å². The summed E-state index contributed by atoms with van der Waals surface area (Å²) in [7, 11) is -3.58. The molecule has 3 rings (SSSR count). The number of benzene rings is 2. The van der Waals surface area contributed by atoms with Gasteiger partial charge >= 0.3 is 5.97 Å². The first-order valence-corrected chi connectivity index (χ1v) is 11.9. The number of nitrogens with one attached hydrogen (secondary N) is 1. The number of nitro groups is 1. The van der Waals surface area contributed by atoms with Gasteiger partial charge < -0.3 is 10.1 Å². The molecule has 1 amide bonds. The van der Waals surface area contributed by atoms with Crippen LogP contribution in [0.15, 0.2) is 47.4 Å². The Kier molecular flexibility index (Phi) is 7.44. The highest BCUT2D eigenvalue weighted by molar-refractivity contribution is 7.89. The van der Waals surface area contributed by atoms with Gasteiger partial charge in [-0.25, -0.2) is 13.2 Å². The standard InChI is InChI=1S/C22H25N3O7S/c1-15-6-7-17(14-20(15)25(28)29)22(27)32-16(2)21(26)23-18-8-10-19(11-9-18)33(30,31)24-12-4-3-5-13-24/h6-11,14,16H,3-5,12-13H2,1-2H3,(H,23,26)/t16-/m0/s1. The molecular formula is C22H25N3O7S. The topological polar surface area (TPSA) is 136 Å². The highest BCUT2D eigenvalue weighted by Crippen LogP contribution is 2.23. The fraction of sp³-hybridized carbons (Fsp3) is 0.364. The van der Waals surface area contributed by atoms with Crippen LogP contribution in [0.1, 0.15) is 42.1 Å². The average Bonchev–Trinajstić information content (AvgIpc) is 2.80. The van der Waals surface area contributed by atoms with Crippen LogP contribution in [0.25, 0.3) is 0 Å².